The average molecular weight is 459 g/mol. The Balaban J connectivity index is 1.58. The van der Waals surface area contributed by atoms with E-state index in [9.17, 15) is 4.79 Å². The molecule has 6 heteroatoms. The number of allylic oxidation sites excluding steroid dienone is 1. The number of nitrogens with zero attached hydrogens (tertiary/aromatic N) is 1. The standard InChI is InChI=1S/C28H34N4O2/c1-19-7-10-24-26(32(19)28(33)20-8-9-20)12-11-23(27(24)34-22-5-3-2-4-6-22)25(13-16-29)31-21-14-17-30-18-15-21/h2-6,11-13,16,19-21,29-31H,7-10,14-15,17-18H2,1H3/b25-13-,29-16?. The Morgan fingerprint density at radius 2 is 1.85 bits per heavy atom. The van der Waals surface area contributed by atoms with Gasteiger partial charge in [-0.3, -0.25) is 4.79 Å². The van der Waals surface area contributed by atoms with Gasteiger partial charge >= 0.3 is 0 Å². The molecule has 1 aliphatic carbocycles. The van der Waals surface area contributed by atoms with Crippen LogP contribution in [0.5, 0.6) is 11.5 Å². The van der Waals surface area contributed by atoms with Gasteiger partial charge in [0, 0.05) is 41.0 Å². The van der Waals surface area contributed by atoms with Crippen LogP contribution in [0.1, 0.15) is 50.2 Å². The van der Waals surface area contributed by atoms with Gasteiger partial charge in [0.15, 0.2) is 0 Å². The lowest BCUT2D eigenvalue weighted by Gasteiger charge is -2.37. The summed E-state index contributed by atoms with van der Waals surface area (Å²) in [6.45, 7) is 4.13. The molecule has 0 bridgehead atoms. The van der Waals surface area contributed by atoms with Crippen molar-refractivity contribution in [2.45, 2.75) is 57.5 Å². The van der Waals surface area contributed by atoms with Crippen LogP contribution >= 0.6 is 0 Å². The molecule has 1 amide bonds. The Labute approximate surface area is 201 Å². The van der Waals surface area contributed by atoms with Crippen molar-refractivity contribution in [1.29, 1.82) is 5.41 Å². The van der Waals surface area contributed by atoms with Gasteiger partial charge in [-0.05, 0) is 88.9 Å². The minimum absolute atomic E-state index is 0.168. The average Bonchev–Trinajstić information content (AvgIpc) is 3.71. The molecule has 178 valence electrons. The molecule has 0 radical (unpaired) electrons. The van der Waals surface area contributed by atoms with Gasteiger partial charge in [-0.15, -0.1) is 0 Å². The van der Waals surface area contributed by atoms with Gasteiger partial charge in [-0.2, -0.15) is 0 Å². The predicted molar refractivity (Wildman–Crippen MR) is 137 cm³/mol. The summed E-state index contributed by atoms with van der Waals surface area (Å²) in [6, 6.07) is 14.5. The Kier molecular flexibility index (Phi) is 6.68. The Bertz CT molecular complexity index is 1070. The minimum Gasteiger partial charge on any atom is -0.456 e. The largest absolute Gasteiger partial charge is 0.456 e. The normalized spacial score (nSPS) is 21.0. The smallest absolute Gasteiger partial charge is 0.230 e. The number of benzene rings is 2. The second kappa shape index (κ2) is 10.0. The van der Waals surface area contributed by atoms with Crippen molar-refractivity contribution >= 4 is 23.5 Å². The maximum Gasteiger partial charge on any atom is 0.230 e. The molecule has 1 saturated heterocycles. The summed E-state index contributed by atoms with van der Waals surface area (Å²) < 4.78 is 6.56. The summed E-state index contributed by atoms with van der Waals surface area (Å²) in [6.07, 6.45) is 8.98. The van der Waals surface area contributed by atoms with Gasteiger partial charge in [-0.1, -0.05) is 18.2 Å². The van der Waals surface area contributed by atoms with Crippen molar-refractivity contribution in [1.82, 2.24) is 10.6 Å². The number of anilines is 1. The van der Waals surface area contributed by atoms with Gasteiger partial charge < -0.3 is 25.7 Å². The number of carbonyl (C=O) groups excluding carboxylic acids is 1. The summed E-state index contributed by atoms with van der Waals surface area (Å²) in [5.41, 5.74) is 3.89. The van der Waals surface area contributed by atoms with E-state index in [2.05, 4.69) is 29.7 Å². The quantitative estimate of drug-likeness (QED) is 0.517. The zero-order chi connectivity index (χ0) is 23.5. The van der Waals surface area contributed by atoms with Crippen LogP contribution in [-0.2, 0) is 11.2 Å². The van der Waals surface area contributed by atoms with Crippen molar-refractivity contribution in [2.75, 3.05) is 18.0 Å². The van der Waals surface area contributed by atoms with Crippen molar-refractivity contribution in [3.63, 3.8) is 0 Å². The molecule has 2 aromatic carbocycles. The van der Waals surface area contributed by atoms with Crippen LogP contribution in [0.15, 0.2) is 48.5 Å². The molecule has 1 unspecified atom stereocenters. The number of nitrogens with one attached hydrogen (secondary N) is 3. The van der Waals surface area contributed by atoms with E-state index in [4.69, 9.17) is 10.1 Å². The van der Waals surface area contributed by atoms with E-state index in [1.165, 1.54) is 6.21 Å². The van der Waals surface area contributed by atoms with Crippen LogP contribution in [0.2, 0.25) is 0 Å². The van der Waals surface area contributed by atoms with Crippen molar-refractivity contribution in [2.24, 2.45) is 5.92 Å². The van der Waals surface area contributed by atoms with Crippen molar-refractivity contribution in [3.05, 3.63) is 59.7 Å². The molecule has 3 N–H and O–H groups in total. The molecule has 0 spiro atoms. The molecule has 34 heavy (non-hydrogen) atoms. The van der Waals surface area contributed by atoms with E-state index < -0.39 is 0 Å². The fraction of sp³-hybridized carbons (Fsp3) is 0.429. The Hall–Kier alpha value is -3.12. The molecule has 6 nitrogen and oxygen atoms in total. The second-order valence-corrected chi connectivity index (χ2v) is 9.64. The lowest BCUT2D eigenvalue weighted by Crippen LogP contribution is -2.43. The molecule has 2 heterocycles. The molecule has 0 aromatic heterocycles. The van der Waals surface area contributed by atoms with E-state index in [0.29, 0.717) is 6.04 Å². The van der Waals surface area contributed by atoms with Crippen LogP contribution in [0.3, 0.4) is 0 Å². The highest BCUT2D eigenvalue weighted by Gasteiger charge is 2.39. The first-order chi connectivity index (χ1) is 16.7. The topological polar surface area (TPSA) is 77.5 Å². The summed E-state index contributed by atoms with van der Waals surface area (Å²) in [7, 11) is 0. The van der Waals surface area contributed by atoms with E-state index in [-0.39, 0.29) is 17.9 Å². The monoisotopic (exact) mass is 458 g/mol. The third kappa shape index (κ3) is 4.73. The first-order valence-corrected chi connectivity index (χ1v) is 12.6. The lowest BCUT2D eigenvalue weighted by atomic mass is 9.92. The van der Waals surface area contributed by atoms with E-state index in [1.54, 1.807) is 0 Å². The molecular formula is C28H34N4O2. The summed E-state index contributed by atoms with van der Waals surface area (Å²) >= 11 is 0. The first-order valence-electron chi connectivity index (χ1n) is 12.6. The maximum absolute atomic E-state index is 13.2. The van der Waals surface area contributed by atoms with Crippen LogP contribution in [0.4, 0.5) is 5.69 Å². The first kappa shape index (κ1) is 22.7. The van der Waals surface area contributed by atoms with E-state index in [1.807, 2.05) is 41.3 Å². The summed E-state index contributed by atoms with van der Waals surface area (Å²) in [4.78, 5) is 15.2. The van der Waals surface area contributed by atoms with Gasteiger partial charge in [0.05, 0.1) is 5.69 Å². The number of carbonyl (C=O) groups is 1. The van der Waals surface area contributed by atoms with Gasteiger partial charge in [-0.25, -0.2) is 0 Å². The molecule has 3 aliphatic rings. The van der Waals surface area contributed by atoms with E-state index >= 15 is 0 Å². The third-order valence-corrected chi connectivity index (χ3v) is 7.11. The van der Waals surface area contributed by atoms with Crippen LogP contribution in [-0.4, -0.2) is 37.3 Å². The Morgan fingerprint density at radius 1 is 1.09 bits per heavy atom. The van der Waals surface area contributed by atoms with Crippen molar-refractivity contribution < 1.29 is 9.53 Å². The van der Waals surface area contributed by atoms with Gasteiger partial charge in [0.1, 0.15) is 11.5 Å². The van der Waals surface area contributed by atoms with Crippen LogP contribution in [0.25, 0.3) is 5.70 Å². The number of piperidine rings is 1. The minimum atomic E-state index is 0.168. The molecule has 2 aliphatic heterocycles. The summed E-state index contributed by atoms with van der Waals surface area (Å²) in [5, 5.41) is 14.9. The highest BCUT2D eigenvalue weighted by atomic mass is 16.5. The zero-order valence-electron chi connectivity index (χ0n) is 19.8. The van der Waals surface area contributed by atoms with E-state index in [0.717, 1.165) is 85.6 Å². The zero-order valence-corrected chi connectivity index (χ0v) is 19.8. The number of para-hydroxylation sites is 1. The maximum atomic E-state index is 13.2. The predicted octanol–water partition coefficient (Wildman–Crippen LogP) is 4.89. The molecule has 1 atom stereocenters. The number of amides is 1. The van der Waals surface area contributed by atoms with Gasteiger partial charge in [0.2, 0.25) is 5.91 Å². The molecule has 2 aromatic rings. The third-order valence-electron chi connectivity index (χ3n) is 7.11. The molecule has 5 rings (SSSR count). The highest BCUT2D eigenvalue weighted by molar-refractivity contribution is 5.99. The number of hydrogen-bond acceptors (Lipinski definition) is 5. The highest BCUT2D eigenvalue weighted by Crippen LogP contribution is 2.44. The number of fused-ring (bicyclic) bond motifs is 1. The van der Waals surface area contributed by atoms with Crippen molar-refractivity contribution in [3.8, 4) is 11.5 Å². The lowest BCUT2D eigenvalue weighted by molar-refractivity contribution is -0.120. The fourth-order valence-corrected chi connectivity index (χ4v) is 5.09. The number of ether oxygens (including phenoxy) is 1. The van der Waals surface area contributed by atoms with Crippen LogP contribution in [0, 0.1) is 11.3 Å². The van der Waals surface area contributed by atoms with Crippen LogP contribution < -0.4 is 20.3 Å². The number of rotatable bonds is 7. The molecule has 2 fully saturated rings. The molecular weight excluding hydrogens is 424 g/mol. The van der Waals surface area contributed by atoms with Gasteiger partial charge in [0.25, 0.3) is 0 Å². The second-order valence-electron chi connectivity index (χ2n) is 9.64. The SMILES string of the molecule is CC1CCc2c(ccc(/C(=C/C=N)NC3CCNCC3)c2Oc2ccccc2)N1C(=O)C1CC1. The Morgan fingerprint density at radius 3 is 2.56 bits per heavy atom. The number of hydrogen-bond donors (Lipinski definition) is 3. The fourth-order valence-electron chi connectivity index (χ4n) is 5.09. The molecule has 1 saturated carbocycles. The summed E-state index contributed by atoms with van der Waals surface area (Å²) in [5.74, 6) is 1.97.